The van der Waals surface area contributed by atoms with Crippen molar-refractivity contribution in [2.24, 2.45) is 0 Å². The molecule has 0 fully saturated rings. The van der Waals surface area contributed by atoms with Gasteiger partial charge in [-0.05, 0) is 36.8 Å². The molecule has 8 heteroatoms. The van der Waals surface area contributed by atoms with Crippen LogP contribution in [0.1, 0.15) is 32.7 Å². The van der Waals surface area contributed by atoms with Crippen LogP contribution in [0.25, 0.3) is 11.0 Å². The first-order valence-electron chi connectivity index (χ1n) is 8.49. The van der Waals surface area contributed by atoms with E-state index < -0.39 is 6.04 Å². The van der Waals surface area contributed by atoms with Gasteiger partial charge < -0.3 is 4.42 Å². The number of anilines is 1. The second-order valence-corrected chi connectivity index (χ2v) is 8.48. The van der Waals surface area contributed by atoms with E-state index >= 15 is 0 Å². The third-order valence-corrected chi connectivity index (χ3v) is 6.05. The quantitative estimate of drug-likeness (QED) is 0.447. The molecule has 138 valence electrons. The van der Waals surface area contributed by atoms with E-state index in [0.717, 1.165) is 15.0 Å². The van der Waals surface area contributed by atoms with E-state index in [4.69, 9.17) is 4.42 Å². The molecule has 6 nitrogen and oxygen atoms in total. The number of halogens is 1. The summed E-state index contributed by atoms with van der Waals surface area (Å²) in [5.74, 6) is -0.327. The molecule has 2 aromatic heterocycles. The number of rotatable bonds is 2. The maximum atomic E-state index is 13.3. The Morgan fingerprint density at radius 2 is 1.82 bits per heavy atom. The molecule has 0 aliphatic carbocycles. The average molecular weight is 454 g/mol. The first-order chi connectivity index (χ1) is 13.5. The maximum absolute atomic E-state index is 13.3. The molecule has 0 N–H and O–H groups in total. The van der Waals surface area contributed by atoms with E-state index in [1.54, 1.807) is 24.3 Å². The lowest BCUT2D eigenvalue weighted by atomic mass is 9.99. The first kappa shape index (κ1) is 17.3. The van der Waals surface area contributed by atoms with Gasteiger partial charge in [-0.2, -0.15) is 0 Å². The Hall–Kier alpha value is -2.84. The summed E-state index contributed by atoms with van der Waals surface area (Å²) in [4.78, 5) is 28.1. The number of carbonyl (C=O) groups is 1. The summed E-state index contributed by atoms with van der Waals surface area (Å²) in [6.07, 6.45) is 0. The summed E-state index contributed by atoms with van der Waals surface area (Å²) in [6.45, 7) is 1.82. The predicted molar refractivity (Wildman–Crippen MR) is 110 cm³/mol. The highest BCUT2D eigenvalue weighted by molar-refractivity contribution is 9.10. The Labute approximate surface area is 171 Å². The molecule has 0 unspecified atom stereocenters. The fourth-order valence-corrected chi connectivity index (χ4v) is 4.44. The molecule has 1 aliphatic rings. The Kier molecular flexibility index (Phi) is 3.92. The van der Waals surface area contributed by atoms with Crippen LogP contribution in [-0.4, -0.2) is 16.1 Å². The van der Waals surface area contributed by atoms with Crippen LogP contribution in [0.15, 0.2) is 62.2 Å². The van der Waals surface area contributed by atoms with Crippen molar-refractivity contribution in [3.05, 3.63) is 85.1 Å². The molecule has 1 amide bonds. The number of fused-ring (bicyclic) bond motifs is 2. The van der Waals surface area contributed by atoms with Gasteiger partial charge in [-0.15, -0.1) is 10.2 Å². The van der Waals surface area contributed by atoms with Crippen LogP contribution < -0.4 is 10.3 Å². The molecule has 0 bridgehead atoms. The maximum Gasteiger partial charge on any atom is 0.297 e. The van der Waals surface area contributed by atoms with Crippen molar-refractivity contribution in [3.63, 3.8) is 0 Å². The van der Waals surface area contributed by atoms with Crippen molar-refractivity contribution < 1.29 is 9.21 Å². The third-order valence-electron chi connectivity index (χ3n) is 4.68. The normalized spacial score (nSPS) is 16.0. The second-order valence-electron chi connectivity index (χ2n) is 6.40. The topological polar surface area (TPSA) is 76.3 Å². The van der Waals surface area contributed by atoms with Crippen LogP contribution >= 0.6 is 27.3 Å². The zero-order chi connectivity index (χ0) is 19.4. The molecule has 1 atom stereocenters. The van der Waals surface area contributed by atoms with Crippen molar-refractivity contribution in [2.45, 2.75) is 13.0 Å². The highest BCUT2D eigenvalue weighted by atomic mass is 79.9. The van der Waals surface area contributed by atoms with Crippen molar-refractivity contribution in [1.82, 2.24) is 10.2 Å². The molecule has 5 rings (SSSR count). The van der Waals surface area contributed by atoms with Gasteiger partial charge in [0.15, 0.2) is 5.43 Å². The Morgan fingerprint density at radius 1 is 1.07 bits per heavy atom. The summed E-state index contributed by atoms with van der Waals surface area (Å²) >= 11 is 4.73. The average Bonchev–Trinajstić information content (AvgIpc) is 3.24. The van der Waals surface area contributed by atoms with Gasteiger partial charge in [0.2, 0.25) is 10.9 Å². The molecule has 28 heavy (non-hydrogen) atoms. The Bertz CT molecular complexity index is 1300. The van der Waals surface area contributed by atoms with E-state index in [1.807, 2.05) is 31.2 Å². The summed E-state index contributed by atoms with van der Waals surface area (Å²) < 4.78 is 6.79. The highest BCUT2D eigenvalue weighted by Gasteiger charge is 2.45. The van der Waals surface area contributed by atoms with Gasteiger partial charge in [-0.1, -0.05) is 51.5 Å². The number of hydrogen-bond donors (Lipinski definition) is 0. The molecular formula is C20H12BrN3O3S. The van der Waals surface area contributed by atoms with Gasteiger partial charge in [0.05, 0.1) is 17.0 Å². The largest absolute Gasteiger partial charge is 0.450 e. The van der Waals surface area contributed by atoms with Gasteiger partial charge in [-0.3, -0.25) is 14.5 Å². The Balaban J connectivity index is 1.82. The van der Waals surface area contributed by atoms with E-state index in [1.165, 1.54) is 16.2 Å². The van der Waals surface area contributed by atoms with Crippen LogP contribution in [0.5, 0.6) is 0 Å². The van der Waals surface area contributed by atoms with Crippen molar-refractivity contribution in [1.29, 1.82) is 0 Å². The molecule has 3 heterocycles. The monoisotopic (exact) mass is 453 g/mol. The molecule has 1 aliphatic heterocycles. The number of para-hydroxylation sites is 1. The number of hydrogen-bond acceptors (Lipinski definition) is 6. The van der Waals surface area contributed by atoms with Crippen LogP contribution in [0.2, 0.25) is 0 Å². The minimum atomic E-state index is -0.621. The Morgan fingerprint density at radius 3 is 2.54 bits per heavy atom. The van der Waals surface area contributed by atoms with Crippen LogP contribution in [-0.2, 0) is 0 Å². The number of aromatic nitrogens is 2. The van der Waals surface area contributed by atoms with Gasteiger partial charge in [0.1, 0.15) is 10.6 Å². The van der Waals surface area contributed by atoms with Crippen molar-refractivity contribution in [3.8, 4) is 0 Å². The lowest BCUT2D eigenvalue weighted by Gasteiger charge is -2.22. The molecule has 0 radical (unpaired) electrons. The van der Waals surface area contributed by atoms with Gasteiger partial charge in [0.25, 0.3) is 5.91 Å². The van der Waals surface area contributed by atoms with Gasteiger partial charge in [-0.25, -0.2) is 0 Å². The highest BCUT2D eigenvalue weighted by Crippen LogP contribution is 2.42. The molecular weight excluding hydrogens is 442 g/mol. The van der Waals surface area contributed by atoms with Crippen LogP contribution in [0.3, 0.4) is 0 Å². The third kappa shape index (κ3) is 2.52. The number of carbonyl (C=O) groups excluding carboxylic acids is 1. The van der Waals surface area contributed by atoms with Crippen LogP contribution in [0.4, 0.5) is 5.13 Å². The zero-order valence-corrected chi connectivity index (χ0v) is 17.0. The number of nitrogens with zero attached hydrogens (tertiary/aromatic N) is 3. The minimum Gasteiger partial charge on any atom is -0.450 e. The summed E-state index contributed by atoms with van der Waals surface area (Å²) in [6, 6.07) is 13.9. The minimum absolute atomic E-state index is 0.0597. The first-order valence-corrected chi connectivity index (χ1v) is 10.1. The zero-order valence-electron chi connectivity index (χ0n) is 14.5. The van der Waals surface area contributed by atoms with Crippen molar-refractivity contribution >= 4 is 49.3 Å². The van der Waals surface area contributed by atoms with Crippen molar-refractivity contribution in [2.75, 3.05) is 4.90 Å². The van der Waals surface area contributed by atoms with Crippen LogP contribution in [0, 0.1) is 6.92 Å². The molecule has 0 saturated carbocycles. The summed E-state index contributed by atoms with van der Waals surface area (Å²) in [5, 5.41) is 9.80. The standard InChI is InChI=1S/C20H12BrN3O3S/c1-10-22-23-20(28-10)24-16(11-6-8-12(21)9-7-11)15-17(25)13-4-2-3-5-14(13)27-18(15)19(24)26/h2-9,16H,1H3/t16-/m1/s1. The van der Waals surface area contributed by atoms with E-state index in [2.05, 4.69) is 26.1 Å². The van der Waals surface area contributed by atoms with E-state index in [-0.39, 0.29) is 17.1 Å². The predicted octanol–water partition coefficient (Wildman–Crippen LogP) is 4.47. The lowest BCUT2D eigenvalue weighted by molar-refractivity contribution is 0.0970. The number of benzene rings is 2. The lowest BCUT2D eigenvalue weighted by Crippen LogP contribution is -2.29. The number of amides is 1. The summed E-state index contributed by atoms with van der Waals surface area (Å²) in [7, 11) is 0. The molecule has 0 spiro atoms. The fourth-order valence-electron chi connectivity index (χ4n) is 3.46. The summed E-state index contributed by atoms with van der Waals surface area (Å²) in [5.41, 5.74) is 1.32. The molecule has 0 saturated heterocycles. The van der Waals surface area contributed by atoms with E-state index in [9.17, 15) is 9.59 Å². The molecule has 4 aromatic rings. The molecule has 2 aromatic carbocycles. The fraction of sp³-hybridized carbons (Fsp3) is 0.100. The number of aryl methyl sites for hydroxylation is 1. The van der Waals surface area contributed by atoms with Gasteiger partial charge >= 0.3 is 0 Å². The van der Waals surface area contributed by atoms with E-state index in [0.29, 0.717) is 21.7 Å². The second kappa shape index (κ2) is 6.35. The van der Waals surface area contributed by atoms with Gasteiger partial charge in [0, 0.05) is 4.47 Å². The SMILES string of the molecule is Cc1nnc(N2C(=O)c3oc4ccccc4c(=O)c3[C@H]2c2ccc(Br)cc2)s1. The smallest absolute Gasteiger partial charge is 0.297 e.